The van der Waals surface area contributed by atoms with Gasteiger partial charge in [0.25, 0.3) is 0 Å². The Balaban J connectivity index is 2.42. The van der Waals surface area contributed by atoms with Crippen LogP contribution in [0.1, 0.15) is 24.2 Å². The fourth-order valence-corrected chi connectivity index (χ4v) is 2.53. The van der Waals surface area contributed by atoms with Crippen molar-refractivity contribution in [1.82, 2.24) is 14.8 Å². The van der Waals surface area contributed by atoms with Crippen LogP contribution < -0.4 is 0 Å². The summed E-state index contributed by atoms with van der Waals surface area (Å²) in [5.41, 5.74) is 1.34. The molecule has 0 saturated heterocycles. The van der Waals surface area contributed by atoms with Gasteiger partial charge in [0.15, 0.2) is 5.16 Å². The second kappa shape index (κ2) is 5.21. The topological polar surface area (TPSA) is 74.7 Å². The van der Waals surface area contributed by atoms with Crippen molar-refractivity contribution in [3.8, 4) is 6.07 Å². The van der Waals surface area contributed by atoms with E-state index in [1.165, 1.54) is 18.1 Å². The molecule has 5 nitrogen and oxygen atoms in total. The summed E-state index contributed by atoms with van der Waals surface area (Å²) < 4.78 is 1.65. The Kier molecular flexibility index (Phi) is 3.65. The van der Waals surface area contributed by atoms with Crippen LogP contribution in [0.15, 0.2) is 34.6 Å². The number of hydrogen-bond acceptors (Lipinski definition) is 5. The second-order valence-corrected chi connectivity index (χ2v) is 4.82. The summed E-state index contributed by atoms with van der Waals surface area (Å²) >= 11 is 1.38. The molecule has 92 valence electrons. The van der Waals surface area contributed by atoms with Crippen molar-refractivity contribution in [3.63, 3.8) is 0 Å². The van der Waals surface area contributed by atoms with Gasteiger partial charge in [-0.05, 0) is 36.4 Å². The van der Waals surface area contributed by atoms with Gasteiger partial charge >= 0.3 is 0 Å². The molecule has 2 aromatic rings. The van der Waals surface area contributed by atoms with Crippen molar-refractivity contribution < 1.29 is 5.11 Å². The molecule has 0 bridgehead atoms. The maximum atomic E-state index is 9.73. The first-order valence-electron chi connectivity index (χ1n) is 5.35. The maximum absolute atomic E-state index is 9.73. The summed E-state index contributed by atoms with van der Waals surface area (Å²) in [5, 5.41) is 23.3. The average molecular weight is 260 g/mol. The van der Waals surface area contributed by atoms with E-state index in [0.29, 0.717) is 10.7 Å². The Labute approximate surface area is 109 Å². The van der Waals surface area contributed by atoms with Crippen LogP contribution in [0.4, 0.5) is 0 Å². The van der Waals surface area contributed by atoms with Gasteiger partial charge in [0.2, 0.25) is 0 Å². The standard InChI is InChI=1S/C12H12N4OS/c1-8(17)10-4-3-9(6-13)5-11(10)18-12-14-7-15-16(12)2/h3-5,7-8,17H,1-2H3. The Morgan fingerprint density at radius 3 is 2.83 bits per heavy atom. The lowest BCUT2D eigenvalue weighted by molar-refractivity contribution is 0.196. The van der Waals surface area contributed by atoms with Gasteiger partial charge in [0.05, 0.1) is 17.7 Å². The van der Waals surface area contributed by atoms with Gasteiger partial charge in [-0.25, -0.2) is 9.67 Å². The van der Waals surface area contributed by atoms with E-state index < -0.39 is 6.10 Å². The summed E-state index contributed by atoms with van der Waals surface area (Å²) in [6.07, 6.45) is 0.881. The number of aliphatic hydroxyl groups is 1. The van der Waals surface area contributed by atoms with Crippen LogP contribution in [0.5, 0.6) is 0 Å². The van der Waals surface area contributed by atoms with Crippen LogP contribution in [0.2, 0.25) is 0 Å². The lowest BCUT2D eigenvalue weighted by Gasteiger charge is -2.11. The van der Waals surface area contributed by atoms with Crippen molar-refractivity contribution in [1.29, 1.82) is 5.26 Å². The summed E-state index contributed by atoms with van der Waals surface area (Å²) in [5.74, 6) is 0. The van der Waals surface area contributed by atoms with Gasteiger partial charge in [-0.2, -0.15) is 10.4 Å². The van der Waals surface area contributed by atoms with Gasteiger partial charge in [0.1, 0.15) is 6.33 Å². The van der Waals surface area contributed by atoms with Gasteiger partial charge < -0.3 is 5.11 Å². The van der Waals surface area contributed by atoms with E-state index in [9.17, 15) is 5.11 Å². The molecule has 6 heteroatoms. The monoisotopic (exact) mass is 260 g/mol. The third kappa shape index (κ3) is 2.53. The highest BCUT2D eigenvalue weighted by Gasteiger charge is 2.12. The molecule has 0 aliphatic heterocycles. The number of aliphatic hydroxyl groups excluding tert-OH is 1. The highest BCUT2D eigenvalue weighted by Crippen LogP contribution is 2.32. The van der Waals surface area contributed by atoms with Crippen molar-refractivity contribution in [2.24, 2.45) is 7.05 Å². The van der Waals surface area contributed by atoms with E-state index in [-0.39, 0.29) is 0 Å². The molecule has 18 heavy (non-hydrogen) atoms. The number of rotatable bonds is 3. The molecule has 0 saturated carbocycles. The highest BCUT2D eigenvalue weighted by atomic mass is 32.2. The summed E-state index contributed by atoms with van der Waals surface area (Å²) in [6.45, 7) is 1.70. The molecule has 1 atom stereocenters. The smallest absolute Gasteiger partial charge is 0.190 e. The Hall–Kier alpha value is -1.84. The summed E-state index contributed by atoms with van der Waals surface area (Å²) in [7, 11) is 1.80. The first-order chi connectivity index (χ1) is 8.61. The van der Waals surface area contributed by atoms with E-state index in [4.69, 9.17) is 5.26 Å². The van der Waals surface area contributed by atoms with Crippen molar-refractivity contribution in [2.45, 2.75) is 23.1 Å². The average Bonchev–Trinajstić information content (AvgIpc) is 2.74. The Morgan fingerprint density at radius 2 is 2.28 bits per heavy atom. The molecule has 0 spiro atoms. The number of aryl methyl sites for hydroxylation is 1. The SMILES string of the molecule is CC(O)c1ccc(C#N)cc1Sc1ncnn1C. The van der Waals surface area contributed by atoms with Gasteiger partial charge in [-0.1, -0.05) is 6.07 Å². The lowest BCUT2D eigenvalue weighted by atomic mass is 10.1. The fraction of sp³-hybridized carbons (Fsp3) is 0.250. The van der Waals surface area contributed by atoms with Crippen LogP contribution in [-0.4, -0.2) is 19.9 Å². The summed E-state index contributed by atoms with van der Waals surface area (Å²) in [4.78, 5) is 4.94. The van der Waals surface area contributed by atoms with E-state index in [1.807, 2.05) is 0 Å². The molecule has 1 heterocycles. The molecule has 0 amide bonds. The van der Waals surface area contributed by atoms with Crippen LogP contribution in [0.25, 0.3) is 0 Å². The molecule has 0 radical (unpaired) electrons. The third-order valence-electron chi connectivity index (χ3n) is 2.46. The number of aromatic nitrogens is 3. The first-order valence-corrected chi connectivity index (χ1v) is 6.17. The number of benzene rings is 1. The largest absolute Gasteiger partial charge is 0.389 e. The van der Waals surface area contributed by atoms with E-state index >= 15 is 0 Å². The van der Waals surface area contributed by atoms with Crippen molar-refractivity contribution in [3.05, 3.63) is 35.7 Å². The number of hydrogen-bond donors (Lipinski definition) is 1. The van der Waals surface area contributed by atoms with Crippen molar-refractivity contribution >= 4 is 11.8 Å². The van der Waals surface area contributed by atoms with Crippen LogP contribution >= 0.6 is 11.8 Å². The molecule has 2 rings (SSSR count). The molecular weight excluding hydrogens is 248 g/mol. The zero-order valence-electron chi connectivity index (χ0n) is 10.0. The fourth-order valence-electron chi connectivity index (χ4n) is 1.51. The van der Waals surface area contributed by atoms with Gasteiger partial charge in [0, 0.05) is 11.9 Å². The molecule has 1 aromatic carbocycles. The van der Waals surface area contributed by atoms with Crippen LogP contribution in [0.3, 0.4) is 0 Å². The molecule has 0 aliphatic rings. The molecule has 1 N–H and O–H groups in total. The zero-order chi connectivity index (χ0) is 13.1. The highest BCUT2D eigenvalue weighted by molar-refractivity contribution is 7.99. The van der Waals surface area contributed by atoms with Gasteiger partial charge in [-0.15, -0.1) is 0 Å². The Morgan fingerprint density at radius 1 is 1.50 bits per heavy atom. The van der Waals surface area contributed by atoms with Crippen LogP contribution in [0, 0.1) is 11.3 Å². The van der Waals surface area contributed by atoms with Gasteiger partial charge in [-0.3, -0.25) is 0 Å². The number of nitrogens with zero attached hydrogens (tertiary/aromatic N) is 4. The minimum absolute atomic E-state index is 0.559. The predicted octanol–water partition coefficient (Wildman–Crippen LogP) is 1.89. The maximum Gasteiger partial charge on any atom is 0.190 e. The minimum Gasteiger partial charge on any atom is -0.389 e. The molecular formula is C12H12N4OS. The first kappa shape index (κ1) is 12.6. The molecule has 0 aliphatic carbocycles. The van der Waals surface area contributed by atoms with Crippen LogP contribution in [-0.2, 0) is 7.05 Å². The molecule has 1 aromatic heterocycles. The Bertz CT molecular complexity index is 600. The lowest BCUT2D eigenvalue weighted by Crippen LogP contribution is -1.97. The quantitative estimate of drug-likeness (QED) is 0.912. The summed E-state index contributed by atoms with van der Waals surface area (Å²) in [6, 6.07) is 7.30. The second-order valence-electron chi connectivity index (χ2n) is 3.81. The predicted molar refractivity (Wildman–Crippen MR) is 66.9 cm³/mol. The minimum atomic E-state index is -0.589. The molecule has 0 fully saturated rings. The van der Waals surface area contributed by atoms with Crippen molar-refractivity contribution in [2.75, 3.05) is 0 Å². The van der Waals surface area contributed by atoms with E-state index in [2.05, 4.69) is 16.2 Å². The zero-order valence-corrected chi connectivity index (χ0v) is 10.8. The normalized spacial score (nSPS) is 12.1. The third-order valence-corrected chi connectivity index (χ3v) is 3.59. The van der Waals surface area contributed by atoms with E-state index in [0.717, 1.165) is 10.5 Å². The molecule has 1 unspecified atom stereocenters. The van der Waals surface area contributed by atoms with E-state index in [1.54, 1.807) is 36.9 Å². The number of nitriles is 1.